The Kier molecular flexibility index (Phi) is 31.6. The van der Waals surface area contributed by atoms with Crippen molar-refractivity contribution in [1.82, 2.24) is 5.06 Å². The first-order valence-electron chi connectivity index (χ1n) is 26.6. The van der Waals surface area contributed by atoms with Crippen molar-refractivity contribution in [3.8, 4) is 0 Å². The van der Waals surface area contributed by atoms with E-state index in [1.807, 2.05) is 99.7 Å². The summed E-state index contributed by atoms with van der Waals surface area (Å²) in [6, 6.07) is 21.7. The fourth-order valence-electron chi connectivity index (χ4n) is 11.3. The Hall–Kier alpha value is -1.57. The molecular weight excluding hydrogens is 1280 g/mol. The number of imide groups is 1. The third kappa shape index (κ3) is 19.3. The molecule has 0 unspecified atom stereocenters. The summed E-state index contributed by atoms with van der Waals surface area (Å²) in [4.78, 5) is 44.2. The van der Waals surface area contributed by atoms with Gasteiger partial charge >= 0.3 is 124 Å². The van der Waals surface area contributed by atoms with Gasteiger partial charge in [-0.05, 0) is 157 Å². The third-order valence-corrected chi connectivity index (χ3v) is 18.4. The Morgan fingerprint density at radius 2 is 1.41 bits per heavy atom. The van der Waals surface area contributed by atoms with Crippen molar-refractivity contribution in [3.63, 3.8) is 0 Å². The van der Waals surface area contributed by atoms with Gasteiger partial charge in [-0.3, -0.25) is 24.7 Å². The van der Waals surface area contributed by atoms with Crippen LogP contribution in [0.15, 0.2) is 117 Å². The number of nitrogens with zero attached hydrogens (tertiary/aromatic N) is 3. The SMILES string of the molecule is Cc1cc(SOO[O-])cc2c3c(ccc12)N(CCCCS(=O)(=O)[O-])/C(=C/C=C(/C=C/C1=[N+](CCCCSOO[O-])c2ccc4c(SOO[O-])cc(S(=O)(=O)[O-])cc4c2C1(C)C)c1cccc(CCCCC(=O)ON2C(=O)CCC2=O)c1)C3(C)C.[Na+].[Na+].[Na+].[Na+]. The van der Waals surface area contributed by atoms with Gasteiger partial charge in [-0.25, -0.2) is 21.6 Å². The summed E-state index contributed by atoms with van der Waals surface area (Å²) in [5.41, 5.74) is 6.44. The Morgan fingerprint density at radius 1 is 0.727 bits per heavy atom. The van der Waals surface area contributed by atoms with Crippen molar-refractivity contribution in [2.75, 3.05) is 29.5 Å². The first-order chi connectivity index (χ1) is 40.0. The second-order valence-electron chi connectivity index (χ2n) is 21.2. The molecule has 0 aromatic heterocycles. The zero-order valence-corrected chi connectivity index (χ0v) is 62.4. The summed E-state index contributed by atoms with van der Waals surface area (Å²) in [6.07, 6.45) is 11.0. The quantitative estimate of drug-likeness (QED) is 0.00503. The third-order valence-electron chi connectivity index (χ3n) is 15.0. The van der Waals surface area contributed by atoms with Crippen LogP contribution in [-0.4, -0.2) is 83.7 Å². The molecule has 5 aromatic rings. The topological polar surface area (TPSA) is 309 Å². The van der Waals surface area contributed by atoms with Crippen molar-refractivity contribution in [3.05, 3.63) is 131 Å². The fraction of sp³-hybridized carbons (Fsp3) is 0.368. The summed E-state index contributed by atoms with van der Waals surface area (Å²) in [6.45, 7) is 10.8. The van der Waals surface area contributed by atoms with E-state index in [0.717, 1.165) is 85.8 Å². The molecule has 88 heavy (non-hydrogen) atoms. The number of amides is 2. The predicted octanol–water partition coefficient (Wildman–Crippen LogP) is -4.32. The number of carbonyl (C=O) groups is 3. The number of hydrogen-bond acceptors (Lipinski definition) is 23. The number of rotatable bonds is 29. The minimum atomic E-state index is -5.04. The van der Waals surface area contributed by atoms with Crippen LogP contribution < -0.4 is 139 Å². The average Bonchev–Trinajstić information content (AvgIpc) is 1.62. The zero-order valence-electron chi connectivity index (χ0n) is 50.3. The van der Waals surface area contributed by atoms with E-state index in [9.17, 15) is 56.1 Å². The van der Waals surface area contributed by atoms with E-state index in [-0.39, 0.29) is 149 Å². The van der Waals surface area contributed by atoms with Crippen LogP contribution in [0.5, 0.6) is 0 Å². The van der Waals surface area contributed by atoms with Crippen molar-refractivity contribution >= 4 is 118 Å². The van der Waals surface area contributed by atoms with Gasteiger partial charge in [0.05, 0.1) is 44.5 Å². The van der Waals surface area contributed by atoms with Crippen LogP contribution in [0.1, 0.15) is 113 Å². The van der Waals surface area contributed by atoms with Crippen LogP contribution in [0.4, 0.5) is 11.4 Å². The predicted molar refractivity (Wildman–Crippen MR) is 304 cm³/mol. The molecule has 3 aliphatic heterocycles. The smallest absolute Gasteiger partial charge is 0.748 e. The van der Waals surface area contributed by atoms with Gasteiger partial charge in [0.1, 0.15) is 16.7 Å². The minimum Gasteiger partial charge on any atom is -0.748 e. The maximum atomic E-state index is 12.7. The van der Waals surface area contributed by atoms with Gasteiger partial charge in [0.25, 0.3) is 11.8 Å². The van der Waals surface area contributed by atoms with Gasteiger partial charge < -0.3 is 34.6 Å². The van der Waals surface area contributed by atoms with Gasteiger partial charge in [0.2, 0.25) is 5.69 Å². The Bertz CT molecular complexity index is 3700. The van der Waals surface area contributed by atoms with Crippen LogP contribution in [0.25, 0.3) is 27.1 Å². The molecule has 1 fully saturated rings. The summed E-state index contributed by atoms with van der Waals surface area (Å²) in [5.74, 6) is -1.94. The molecule has 0 N–H and O–H groups in total. The molecule has 8 rings (SSSR count). The Morgan fingerprint density at radius 3 is 2.09 bits per heavy atom. The maximum Gasteiger partial charge on any atom is 1.00 e. The molecule has 0 spiro atoms. The normalized spacial score (nSPS) is 15.8. The number of hydroxylamine groups is 2. The van der Waals surface area contributed by atoms with E-state index in [0.29, 0.717) is 101 Å². The number of unbranched alkanes of at least 4 members (excludes halogenated alkanes) is 3. The minimum absolute atomic E-state index is 0. The number of anilines is 1. The number of allylic oxidation sites excluding steroid dienone is 6. The number of benzene rings is 5. The second kappa shape index (κ2) is 35.3. The molecule has 1 saturated heterocycles. The van der Waals surface area contributed by atoms with Gasteiger partial charge in [-0.15, -0.1) is 5.06 Å². The first kappa shape index (κ1) is 78.9. The summed E-state index contributed by atoms with van der Waals surface area (Å²) >= 11 is 2.09. The van der Waals surface area contributed by atoms with E-state index in [1.54, 1.807) is 6.07 Å². The van der Waals surface area contributed by atoms with E-state index in [4.69, 9.17) is 9.17 Å². The molecule has 3 aliphatic rings. The monoisotopic (exact) mass is 1340 g/mol. The van der Waals surface area contributed by atoms with E-state index in [2.05, 4.69) is 47.1 Å². The van der Waals surface area contributed by atoms with Gasteiger partial charge in [-0.1, -0.05) is 50.3 Å². The Balaban J connectivity index is 0.00000414. The molecule has 0 atom stereocenters. The molecule has 31 heteroatoms. The standard InChI is InChI=1S/C57H63N3O19S5.4Na/c1-36-31-40(81-78-75-65)33-44-42(36)19-21-46-54(44)56(2,3)49(59(46)28-9-11-30-83(67,68)69)23-17-38(39-15-12-14-37(32-39)13-6-7-16-53(63)73-60-51(61)25-26-52(60)62)18-24-50-57(4,5)55-45-34-41(84(70,71)72)35-48(82-79-76-66)43(45)20-22-47(55)58(50)27-8-10-29-80-77-74-64;;;;/h12,14-15,17-24,31-35H,6-11,13,16,25-30H2,1-5H3,(H4-,64,65,66,67,68,69,70,71,72);;;;/q;4*+1/p-4. The van der Waals surface area contributed by atoms with Crippen molar-refractivity contribution in [1.29, 1.82) is 0 Å². The van der Waals surface area contributed by atoms with Gasteiger partial charge in [-0.2, -0.15) is 17.6 Å². The molecule has 0 radical (unpaired) electrons. The van der Waals surface area contributed by atoms with E-state index < -0.39 is 59.5 Å². The van der Waals surface area contributed by atoms with Crippen molar-refractivity contribution < 1.29 is 212 Å². The van der Waals surface area contributed by atoms with Crippen molar-refractivity contribution in [2.45, 2.75) is 124 Å². The summed E-state index contributed by atoms with van der Waals surface area (Å²) in [7, 11) is -9.53. The molecule has 22 nitrogen and oxygen atoms in total. The zero-order chi connectivity index (χ0) is 60.6. The number of carbonyl (C=O) groups excluding carboxylic acids is 3. The van der Waals surface area contributed by atoms with Crippen LogP contribution in [0, 0.1) is 6.92 Å². The van der Waals surface area contributed by atoms with Crippen LogP contribution in [0.3, 0.4) is 0 Å². The van der Waals surface area contributed by atoms with Crippen molar-refractivity contribution in [2.24, 2.45) is 0 Å². The molecule has 3 heterocycles. The average molecular weight is 1340 g/mol. The van der Waals surface area contributed by atoms with Gasteiger partial charge in [0, 0.05) is 100 Å². The maximum absolute atomic E-state index is 12.7. The van der Waals surface area contributed by atoms with E-state index in [1.165, 1.54) is 6.07 Å². The summed E-state index contributed by atoms with van der Waals surface area (Å²) < 4.78 is 89.4. The first-order valence-corrected chi connectivity index (χ1v) is 32.0. The number of fused-ring (bicyclic) bond motifs is 6. The van der Waals surface area contributed by atoms with Crippen LogP contribution in [0.2, 0.25) is 0 Å². The molecule has 2 amide bonds. The molecule has 0 bridgehead atoms. The molecule has 450 valence electrons. The van der Waals surface area contributed by atoms with Crippen LogP contribution in [-0.2, 0) is 84.8 Å². The second-order valence-corrected chi connectivity index (χ2v) is 26.4. The molecule has 5 aromatic carbocycles. The molecular formula is C57H59N3Na4O19S5. The van der Waals surface area contributed by atoms with Gasteiger partial charge in [0.15, 0.2) is 5.71 Å². The molecule has 0 saturated carbocycles. The fourth-order valence-corrected chi connectivity index (χ4v) is 13.9. The van der Waals surface area contributed by atoms with Crippen LogP contribution >= 0.6 is 36.1 Å². The molecule has 0 aliphatic carbocycles. The summed E-state index contributed by atoms with van der Waals surface area (Å²) in [5, 5.41) is 46.6. The number of aryl methyl sites for hydroxylation is 2. The largest absolute Gasteiger partial charge is 1.00 e. The van der Waals surface area contributed by atoms with E-state index >= 15 is 0 Å². The Labute approximate surface area is 612 Å². The number of hydrogen-bond donors (Lipinski definition) is 0.